The second kappa shape index (κ2) is 15.7. The van der Waals surface area contributed by atoms with Gasteiger partial charge in [0.15, 0.2) is 0 Å². The molecule has 0 amide bonds. The summed E-state index contributed by atoms with van der Waals surface area (Å²) in [6.07, 6.45) is 0.352. The standard InChI is InChI=1S/C33H55N3O8/c1-30(2,3)41-26(37)19-35(20-27(38)42-31(4,5)6)18-25(17-23-13-15-24(34)16-14-23)36(21-28(39)43-32(7,8)9)22-29(40)44-33(10,11)12/h13-16,25H,17-22,34H2,1-12H3/t25-/m0/s1. The summed E-state index contributed by atoms with van der Waals surface area (Å²) in [6.45, 7) is 20.3. The molecule has 0 saturated heterocycles. The molecule has 11 heteroatoms. The number of nitrogens with zero attached hydrogens (tertiary/aromatic N) is 2. The third kappa shape index (κ3) is 18.5. The van der Waals surface area contributed by atoms with E-state index in [1.807, 2.05) is 12.1 Å². The normalized spacial score (nSPS) is 13.4. The number of hydrogen-bond acceptors (Lipinski definition) is 11. The van der Waals surface area contributed by atoms with E-state index >= 15 is 0 Å². The van der Waals surface area contributed by atoms with Gasteiger partial charge in [0.2, 0.25) is 0 Å². The summed E-state index contributed by atoms with van der Waals surface area (Å²) in [5, 5.41) is 0. The zero-order valence-corrected chi connectivity index (χ0v) is 28.9. The van der Waals surface area contributed by atoms with Crippen molar-refractivity contribution < 1.29 is 38.1 Å². The van der Waals surface area contributed by atoms with Crippen molar-refractivity contribution in [2.75, 3.05) is 38.5 Å². The first-order chi connectivity index (χ1) is 19.8. The SMILES string of the molecule is CC(C)(C)OC(=O)CN(CC(=O)OC(C)(C)C)C[C@H](Cc1ccc(N)cc1)N(CC(=O)OC(C)(C)C)CC(=O)OC(C)(C)C. The molecule has 0 aliphatic heterocycles. The maximum Gasteiger partial charge on any atom is 0.320 e. The van der Waals surface area contributed by atoms with Crippen LogP contribution in [0.25, 0.3) is 0 Å². The highest BCUT2D eigenvalue weighted by Crippen LogP contribution is 2.18. The molecule has 0 aromatic heterocycles. The van der Waals surface area contributed by atoms with Crippen molar-refractivity contribution in [1.29, 1.82) is 0 Å². The van der Waals surface area contributed by atoms with Crippen molar-refractivity contribution in [3.8, 4) is 0 Å². The smallest absolute Gasteiger partial charge is 0.320 e. The van der Waals surface area contributed by atoms with E-state index in [4.69, 9.17) is 24.7 Å². The van der Waals surface area contributed by atoms with E-state index in [0.29, 0.717) is 12.1 Å². The number of hydrogen-bond donors (Lipinski definition) is 1. The molecule has 44 heavy (non-hydrogen) atoms. The van der Waals surface area contributed by atoms with Gasteiger partial charge in [-0.2, -0.15) is 0 Å². The molecule has 0 fully saturated rings. The first kappa shape index (κ1) is 38.8. The summed E-state index contributed by atoms with van der Waals surface area (Å²) >= 11 is 0. The van der Waals surface area contributed by atoms with Gasteiger partial charge >= 0.3 is 23.9 Å². The van der Waals surface area contributed by atoms with Crippen LogP contribution in [0.15, 0.2) is 24.3 Å². The van der Waals surface area contributed by atoms with Crippen molar-refractivity contribution in [2.24, 2.45) is 0 Å². The zero-order chi connectivity index (χ0) is 34.1. The molecule has 0 aliphatic rings. The Labute approximate surface area is 263 Å². The highest BCUT2D eigenvalue weighted by atomic mass is 16.6. The van der Waals surface area contributed by atoms with Gasteiger partial charge in [-0.05, 0) is 107 Å². The average molecular weight is 622 g/mol. The highest BCUT2D eigenvalue weighted by molar-refractivity contribution is 5.76. The molecular formula is C33H55N3O8. The van der Waals surface area contributed by atoms with Gasteiger partial charge in [-0.3, -0.25) is 29.0 Å². The predicted octanol–water partition coefficient (Wildman–Crippen LogP) is 4.15. The van der Waals surface area contributed by atoms with Crippen LogP contribution in [0, 0.1) is 0 Å². The quantitative estimate of drug-likeness (QED) is 0.193. The molecular weight excluding hydrogens is 566 g/mol. The van der Waals surface area contributed by atoms with Gasteiger partial charge in [0.25, 0.3) is 0 Å². The van der Waals surface area contributed by atoms with Gasteiger partial charge in [-0.15, -0.1) is 0 Å². The maximum absolute atomic E-state index is 13.1. The zero-order valence-electron chi connectivity index (χ0n) is 28.9. The maximum atomic E-state index is 13.1. The van der Waals surface area contributed by atoms with Gasteiger partial charge in [0.05, 0.1) is 26.2 Å². The minimum absolute atomic E-state index is 0.106. The molecule has 0 unspecified atom stereocenters. The summed E-state index contributed by atoms with van der Waals surface area (Å²) < 4.78 is 22.3. The molecule has 2 N–H and O–H groups in total. The Morgan fingerprint density at radius 3 is 1.23 bits per heavy atom. The summed E-state index contributed by atoms with van der Waals surface area (Å²) in [5.74, 6) is -2.13. The number of rotatable bonds is 13. The molecule has 0 spiro atoms. The van der Waals surface area contributed by atoms with Gasteiger partial charge in [-0.25, -0.2) is 0 Å². The van der Waals surface area contributed by atoms with Gasteiger partial charge in [0, 0.05) is 18.3 Å². The van der Waals surface area contributed by atoms with Crippen LogP contribution in [-0.2, 0) is 44.5 Å². The summed E-state index contributed by atoms with van der Waals surface area (Å²) in [5.41, 5.74) is 4.39. The number of carbonyl (C=O) groups excluding carboxylic acids is 4. The van der Waals surface area contributed by atoms with E-state index in [9.17, 15) is 19.2 Å². The number of benzene rings is 1. The Morgan fingerprint density at radius 1 is 0.591 bits per heavy atom. The van der Waals surface area contributed by atoms with Crippen LogP contribution in [0.4, 0.5) is 5.69 Å². The molecule has 0 saturated carbocycles. The topological polar surface area (TPSA) is 138 Å². The minimum Gasteiger partial charge on any atom is -0.459 e. The second-order valence-corrected chi connectivity index (χ2v) is 15.0. The monoisotopic (exact) mass is 621 g/mol. The van der Waals surface area contributed by atoms with Gasteiger partial charge < -0.3 is 24.7 Å². The molecule has 0 radical (unpaired) electrons. The lowest BCUT2D eigenvalue weighted by atomic mass is 10.0. The van der Waals surface area contributed by atoms with Crippen LogP contribution in [0.1, 0.15) is 88.6 Å². The number of nitrogen functional groups attached to an aromatic ring is 1. The van der Waals surface area contributed by atoms with Gasteiger partial charge in [0.1, 0.15) is 22.4 Å². The second-order valence-electron chi connectivity index (χ2n) is 15.0. The van der Waals surface area contributed by atoms with E-state index < -0.39 is 52.3 Å². The largest absolute Gasteiger partial charge is 0.459 e. The summed E-state index contributed by atoms with van der Waals surface area (Å²) in [7, 11) is 0. The fourth-order valence-corrected chi connectivity index (χ4v) is 4.22. The van der Waals surface area contributed by atoms with Crippen LogP contribution < -0.4 is 5.73 Å². The van der Waals surface area contributed by atoms with Crippen molar-refractivity contribution >= 4 is 29.6 Å². The molecule has 0 heterocycles. The molecule has 1 aromatic rings. The number of anilines is 1. The Bertz CT molecular complexity index is 1050. The summed E-state index contributed by atoms with van der Waals surface area (Å²) in [6, 6.07) is 6.68. The molecule has 0 bridgehead atoms. The van der Waals surface area contributed by atoms with Crippen LogP contribution in [0.2, 0.25) is 0 Å². The molecule has 1 rings (SSSR count). The van der Waals surface area contributed by atoms with E-state index in [-0.39, 0.29) is 32.7 Å². The van der Waals surface area contributed by atoms with E-state index in [2.05, 4.69) is 0 Å². The predicted molar refractivity (Wildman–Crippen MR) is 170 cm³/mol. The third-order valence-electron chi connectivity index (χ3n) is 5.49. The van der Waals surface area contributed by atoms with Crippen LogP contribution in [0.3, 0.4) is 0 Å². The molecule has 1 atom stereocenters. The van der Waals surface area contributed by atoms with Crippen LogP contribution in [-0.4, -0.2) is 94.8 Å². The number of esters is 4. The highest BCUT2D eigenvalue weighted by Gasteiger charge is 2.32. The number of nitrogens with two attached hydrogens (primary N) is 1. The van der Waals surface area contributed by atoms with Crippen molar-refractivity contribution in [1.82, 2.24) is 9.80 Å². The Hall–Kier alpha value is -3.18. The number of carbonyl (C=O) groups is 4. The number of ether oxygens (including phenoxy) is 4. The Kier molecular flexibility index (Phi) is 13.9. The van der Waals surface area contributed by atoms with E-state index in [0.717, 1.165) is 5.56 Å². The Morgan fingerprint density at radius 2 is 0.909 bits per heavy atom. The lowest BCUT2D eigenvalue weighted by Crippen LogP contribution is -2.52. The fourth-order valence-electron chi connectivity index (χ4n) is 4.22. The van der Waals surface area contributed by atoms with E-state index in [1.54, 1.807) is 105 Å². The first-order valence-electron chi connectivity index (χ1n) is 15.0. The lowest BCUT2D eigenvalue weighted by Gasteiger charge is -2.36. The van der Waals surface area contributed by atoms with Crippen molar-refractivity contribution in [2.45, 2.75) is 118 Å². The van der Waals surface area contributed by atoms with Gasteiger partial charge in [-0.1, -0.05) is 12.1 Å². The minimum atomic E-state index is -0.749. The lowest BCUT2D eigenvalue weighted by molar-refractivity contribution is -0.165. The summed E-state index contributed by atoms with van der Waals surface area (Å²) in [4.78, 5) is 55.4. The fraction of sp³-hybridized carbons (Fsp3) is 0.697. The molecule has 0 aliphatic carbocycles. The molecule has 1 aromatic carbocycles. The van der Waals surface area contributed by atoms with Crippen molar-refractivity contribution in [3.63, 3.8) is 0 Å². The average Bonchev–Trinajstić information content (AvgIpc) is 2.74. The van der Waals surface area contributed by atoms with Crippen LogP contribution >= 0.6 is 0 Å². The Balaban J connectivity index is 3.55. The first-order valence-corrected chi connectivity index (χ1v) is 15.0. The van der Waals surface area contributed by atoms with E-state index in [1.165, 1.54) is 0 Å². The van der Waals surface area contributed by atoms with Crippen LogP contribution in [0.5, 0.6) is 0 Å². The third-order valence-corrected chi connectivity index (χ3v) is 5.49. The molecule has 11 nitrogen and oxygen atoms in total. The van der Waals surface area contributed by atoms with Crippen molar-refractivity contribution in [3.05, 3.63) is 29.8 Å². The molecule has 250 valence electrons.